The highest BCUT2D eigenvalue weighted by Crippen LogP contribution is 2.31. The number of aryl methyl sites for hydroxylation is 3. The van der Waals surface area contributed by atoms with Crippen molar-refractivity contribution in [3.8, 4) is 16.9 Å². The minimum atomic E-state index is -0.627. The van der Waals surface area contributed by atoms with Crippen molar-refractivity contribution in [2.75, 3.05) is 0 Å². The molecule has 4 heteroatoms. The highest BCUT2D eigenvalue weighted by atomic mass is 19.1. The minimum Gasteiger partial charge on any atom is -0.227 e. The highest BCUT2D eigenvalue weighted by molar-refractivity contribution is 5.70. The Morgan fingerprint density at radius 3 is 2.18 bits per heavy atom. The van der Waals surface area contributed by atoms with Crippen LogP contribution < -0.4 is 0 Å². The van der Waals surface area contributed by atoms with E-state index in [9.17, 15) is 8.78 Å². The lowest BCUT2D eigenvalue weighted by Crippen LogP contribution is -2.04. The van der Waals surface area contributed by atoms with E-state index in [-0.39, 0.29) is 5.69 Å². The fourth-order valence-corrected chi connectivity index (χ4v) is 2.92. The lowest BCUT2D eigenvalue weighted by molar-refractivity contribution is 0.557. The van der Waals surface area contributed by atoms with Crippen LogP contribution in [0.5, 0.6) is 0 Å². The molecule has 0 saturated heterocycles. The van der Waals surface area contributed by atoms with Gasteiger partial charge in [-0.1, -0.05) is 29.8 Å². The van der Waals surface area contributed by atoms with Gasteiger partial charge in [0.05, 0.1) is 5.69 Å². The SMILES string of the molecule is Cc1cc(C)c(-c2cc(F)nn2-c2ccccc2F)c(C)c1. The van der Waals surface area contributed by atoms with Crippen LogP contribution in [0.2, 0.25) is 0 Å². The van der Waals surface area contributed by atoms with Crippen LogP contribution >= 0.6 is 0 Å². The Bertz CT molecular complexity index is 827. The topological polar surface area (TPSA) is 17.8 Å². The largest absolute Gasteiger partial charge is 0.233 e. The lowest BCUT2D eigenvalue weighted by Gasteiger charge is -2.14. The van der Waals surface area contributed by atoms with Crippen molar-refractivity contribution in [2.24, 2.45) is 0 Å². The van der Waals surface area contributed by atoms with E-state index in [1.165, 1.54) is 16.8 Å². The molecule has 1 heterocycles. The monoisotopic (exact) mass is 298 g/mol. The van der Waals surface area contributed by atoms with Gasteiger partial charge >= 0.3 is 0 Å². The summed E-state index contributed by atoms with van der Waals surface area (Å²) >= 11 is 0. The molecule has 0 bridgehead atoms. The van der Waals surface area contributed by atoms with Crippen molar-refractivity contribution >= 4 is 0 Å². The zero-order valence-corrected chi connectivity index (χ0v) is 12.7. The molecule has 2 aromatic carbocycles. The zero-order valence-electron chi connectivity index (χ0n) is 12.7. The van der Waals surface area contributed by atoms with E-state index < -0.39 is 11.8 Å². The van der Waals surface area contributed by atoms with Crippen LogP contribution in [0.3, 0.4) is 0 Å². The zero-order chi connectivity index (χ0) is 15.9. The van der Waals surface area contributed by atoms with E-state index in [4.69, 9.17) is 0 Å². The van der Waals surface area contributed by atoms with E-state index in [2.05, 4.69) is 5.10 Å². The van der Waals surface area contributed by atoms with Crippen LogP contribution in [0.15, 0.2) is 42.5 Å². The fraction of sp³-hybridized carbons (Fsp3) is 0.167. The summed E-state index contributed by atoms with van der Waals surface area (Å²) in [6.07, 6.45) is 0. The summed E-state index contributed by atoms with van der Waals surface area (Å²) in [6.45, 7) is 5.94. The predicted molar refractivity (Wildman–Crippen MR) is 83.1 cm³/mol. The van der Waals surface area contributed by atoms with Crippen molar-refractivity contribution in [1.29, 1.82) is 0 Å². The van der Waals surface area contributed by atoms with Gasteiger partial charge in [0.2, 0.25) is 5.95 Å². The summed E-state index contributed by atoms with van der Waals surface area (Å²) in [4.78, 5) is 0. The van der Waals surface area contributed by atoms with E-state index >= 15 is 0 Å². The van der Waals surface area contributed by atoms with Gasteiger partial charge in [-0.2, -0.15) is 4.39 Å². The Morgan fingerprint density at radius 1 is 0.909 bits per heavy atom. The predicted octanol–water partition coefficient (Wildman–Crippen LogP) is 4.74. The number of rotatable bonds is 2. The third kappa shape index (κ3) is 2.41. The van der Waals surface area contributed by atoms with Crippen LogP contribution in [0.1, 0.15) is 16.7 Å². The molecule has 0 unspecified atom stereocenters. The summed E-state index contributed by atoms with van der Waals surface area (Å²) in [5, 5.41) is 3.83. The van der Waals surface area contributed by atoms with Crippen LogP contribution in [-0.4, -0.2) is 9.78 Å². The maximum absolute atomic E-state index is 14.1. The third-order valence-electron chi connectivity index (χ3n) is 3.69. The normalized spacial score (nSPS) is 11.0. The molecular weight excluding hydrogens is 282 g/mol. The second kappa shape index (κ2) is 5.37. The van der Waals surface area contributed by atoms with Gasteiger partial charge in [0.15, 0.2) is 0 Å². The summed E-state index contributed by atoms with van der Waals surface area (Å²) in [6, 6.07) is 11.6. The summed E-state index contributed by atoms with van der Waals surface area (Å²) in [5.41, 5.74) is 4.82. The van der Waals surface area contributed by atoms with Gasteiger partial charge in [0, 0.05) is 11.6 Å². The fourth-order valence-electron chi connectivity index (χ4n) is 2.92. The number of hydrogen-bond donors (Lipinski definition) is 0. The molecule has 0 N–H and O–H groups in total. The quantitative estimate of drug-likeness (QED) is 0.668. The average molecular weight is 298 g/mol. The van der Waals surface area contributed by atoms with Crippen LogP contribution in [0.4, 0.5) is 8.78 Å². The molecule has 0 spiro atoms. The molecule has 0 saturated carbocycles. The van der Waals surface area contributed by atoms with Gasteiger partial charge in [-0.05, 0) is 44.0 Å². The molecule has 112 valence electrons. The minimum absolute atomic E-state index is 0.237. The van der Waals surface area contributed by atoms with E-state index in [1.54, 1.807) is 18.2 Å². The smallest absolute Gasteiger partial charge is 0.227 e. The molecule has 0 radical (unpaired) electrons. The molecule has 0 aliphatic heterocycles. The first-order chi connectivity index (χ1) is 10.5. The van der Waals surface area contributed by atoms with Crippen molar-refractivity contribution in [2.45, 2.75) is 20.8 Å². The Balaban J connectivity index is 2.29. The summed E-state index contributed by atoms with van der Waals surface area (Å²) in [5.74, 6) is -1.06. The molecule has 0 atom stereocenters. The molecule has 0 aliphatic rings. The van der Waals surface area contributed by atoms with Gasteiger partial charge in [0.25, 0.3) is 0 Å². The number of halogens is 2. The highest BCUT2D eigenvalue weighted by Gasteiger charge is 2.17. The molecule has 1 aromatic heterocycles. The molecule has 3 rings (SSSR count). The summed E-state index contributed by atoms with van der Waals surface area (Å²) in [7, 11) is 0. The van der Waals surface area contributed by atoms with Crippen molar-refractivity contribution in [1.82, 2.24) is 9.78 Å². The third-order valence-corrected chi connectivity index (χ3v) is 3.69. The Morgan fingerprint density at radius 2 is 1.55 bits per heavy atom. The van der Waals surface area contributed by atoms with Crippen LogP contribution in [0.25, 0.3) is 16.9 Å². The van der Waals surface area contributed by atoms with Gasteiger partial charge in [0.1, 0.15) is 11.5 Å². The molecule has 0 amide bonds. The second-order valence-corrected chi connectivity index (χ2v) is 5.49. The average Bonchev–Trinajstić information content (AvgIpc) is 2.79. The molecular formula is C18H16F2N2. The first-order valence-electron chi connectivity index (χ1n) is 7.06. The first kappa shape index (κ1) is 14.4. The van der Waals surface area contributed by atoms with E-state index in [0.29, 0.717) is 5.69 Å². The van der Waals surface area contributed by atoms with Crippen molar-refractivity contribution < 1.29 is 8.78 Å². The molecule has 3 aromatic rings. The number of benzene rings is 2. The molecule has 2 nitrogen and oxygen atoms in total. The Kier molecular flexibility index (Phi) is 3.53. The number of nitrogens with zero attached hydrogens (tertiary/aromatic N) is 2. The maximum atomic E-state index is 14.1. The molecule has 22 heavy (non-hydrogen) atoms. The van der Waals surface area contributed by atoms with Crippen molar-refractivity contribution in [3.63, 3.8) is 0 Å². The number of hydrogen-bond acceptors (Lipinski definition) is 1. The van der Waals surface area contributed by atoms with Crippen LogP contribution in [-0.2, 0) is 0 Å². The first-order valence-corrected chi connectivity index (χ1v) is 7.06. The molecule has 0 fully saturated rings. The second-order valence-electron chi connectivity index (χ2n) is 5.49. The summed E-state index contributed by atoms with van der Waals surface area (Å²) < 4.78 is 29.2. The standard InChI is InChI=1S/C18H16F2N2/c1-11-8-12(2)18(13(3)9-11)16-10-17(20)21-22(16)15-7-5-4-6-14(15)19/h4-10H,1-3H3. The van der Waals surface area contributed by atoms with Gasteiger partial charge in [-0.3, -0.25) is 0 Å². The Hall–Kier alpha value is -2.49. The van der Waals surface area contributed by atoms with Gasteiger partial charge < -0.3 is 0 Å². The van der Waals surface area contributed by atoms with Crippen LogP contribution in [0, 0.1) is 32.5 Å². The Labute approximate surface area is 128 Å². The number of para-hydroxylation sites is 1. The van der Waals surface area contributed by atoms with Gasteiger partial charge in [-0.15, -0.1) is 5.10 Å². The maximum Gasteiger partial charge on any atom is 0.233 e. The van der Waals surface area contributed by atoms with E-state index in [1.807, 2.05) is 32.9 Å². The van der Waals surface area contributed by atoms with Crippen molar-refractivity contribution in [3.05, 3.63) is 70.9 Å². The lowest BCUT2D eigenvalue weighted by atomic mass is 9.97. The van der Waals surface area contributed by atoms with E-state index in [0.717, 1.165) is 22.3 Å². The van der Waals surface area contributed by atoms with Gasteiger partial charge in [-0.25, -0.2) is 9.07 Å². The molecule has 0 aliphatic carbocycles. The number of aromatic nitrogens is 2.